The number of piperidine rings is 1. The number of hydrogen-bond acceptors (Lipinski definition) is 4. The van der Waals surface area contributed by atoms with Crippen LogP contribution in [0.15, 0.2) is 48.5 Å². The van der Waals surface area contributed by atoms with Crippen LogP contribution in [-0.4, -0.2) is 59.2 Å². The SMILES string of the molecule is CCN(Cc1nc2ccccc2n1CC)CC1CCCN(CCc2cccc(OC)c2)C1. The van der Waals surface area contributed by atoms with Gasteiger partial charge in [-0.1, -0.05) is 31.2 Å². The van der Waals surface area contributed by atoms with E-state index in [-0.39, 0.29) is 0 Å². The Hall–Kier alpha value is -2.37. The van der Waals surface area contributed by atoms with Gasteiger partial charge in [0.25, 0.3) is 0 Å². The molecule has 1 saturated heterocycles. The Kier molecular flexibility index (Phi) is 7.82. The normalized spacial score (nSPS) is 17.3. The number of imidazole rings is 1. The van der Waals surface area contributed by atoms with E-state index in [1.165, 1.54) is 42.8 Å². The van der Waals surface area contributed by atoms with Gasteiger partial charge in [-0.05, 0) is 75.0 Å². The number of likely N-dealkylation sites (tertiary alicyclic amines) is 1. The number of ether oxygens (including phenoxy) is 1. The van der Waals surface area contributed by atoms with Gasteiger partial charge in [0.1, 0.15) is 11.6 Å². The third kappa shape index (κ3) is 5.51. The molecule has 2 heterocycles. The Morgan fingerprint density at radius 3 is 2.81 bits per heavy atom. The van der Waals surface area contributed by atoms with Crippen LogP contribution in [0.5, 0.6) is 5.75 Å². The zero-order valence-electron chi connectivity index (χ0n) is 20.0. The number of fused-ring (bicyclic) bond motifs is 1. The maximum Gasteiger partial charge on any atom is 0.124 e. The van der Waals surface area contributed by atoms with E-state index >= 15 is 0 Å². The van der Waals surface area contributed by atoms with Crippen LogP contribution < -0.4 is 4.74 Å². The van der Waals surface area contributed by atoms with Crippen LogP contribution in [0, 0.1) is 5.92 Å². The van der Waals surface area contributed by atoms with Crippen LogP contribution in [0.2, 0.25) is 0 Å². The number of methoxy groups -OCH3 is 1. The van der Waals surface area contributed by atoms with Crippen molar-refractivity contribution in [2.45, 2.75) is 46.2 Å². The minimum Gasteiger partial charge on any atom is -0.497 e. The van der Waals surface area contributed by atoms with Crippen LogP contribution in [0.1, 0.15) is 38.1 Å². The molecule has 5 nitrogen and oxygen atoms in total. The van der Waals surface area contributed by atoms with Crippen LogP contribution >= 0.6 is 0 Å². The number of nitrogens with zero attached hydrogens (tertiary/aromatic N) is 4. The van der Waals surface area contributed by atoms with E-state index in [0.29, 0.717) is 0 Å². The zero-order chi connectivity index (χ0) is 22.3. The summed E-state index contributed by atoms with van der Waals surface area (Å²) in [4.78, 5) is 10.2. The molecule has 0 radical (unpaired) electrons. The minimum atomic E-state index is 0.730. The van der Waals surface area contributed by atoms with E-state index in [4.69, 9.17) is 9.72 Å². The fraction of sp³-hybridized carbons (Fsp3) is 0.519. The van der Waals surface area contributed by atoms with Gasteiger partial charge in [0.2, 0.25) is 0 Å². The average Bonchev–Trinajstić information content (AvgIpc) is 3.19. The predicted molar refractivity (Wildman–Crippen MR) is 132 cm³/mol. The number of benzene rings is 2. The lowest BCUT2D eigenvalue weighted by Gasteiger charge is -2.35. The summed E-state index contributed by atoms with van der Waals surface area (Å²) in [6.07, 6.45) is 3.71. The van der Waals surface area contributed by atoms with Crippen molar-refractivity contribution < 1.29 is 4.74 Å². The molecule has 32 heavy (non-hydrogen) atoms. The molecule has 1 unspecified atom stereocenters. The lowest BCUT2D eigenvalue weighted by atomic mass is 9.97. The van der Waals surface area contributed by atoms with Crippen LogP contribution in [-0.2, 0) is 19.5 Å². The van der Waals surface area contributed by atoms with Gasteiger partial charge in [0.05, 0.1) is 24.7 Å². The molecule has 1 aliphatic rings. The number of rotatable bonds is 10. The van der Waals surface area contributed by atoms with Gasteiger partial charge in [0, 0.05) is 26.2 Å². The first kappa shape index (κ1) is 22.8. The highest BCUT2D eigenvalue weighted by molar-refractivity contribution is 5.75. The monoisotopic (exact) mass is 434 g/mol. The second-order valence-corrected chi connectivity index (χ2v) is 9.00. The fourth-order valence-electron chi connectivity index (χ4n) is 5.09. The van der Waals surface area contributed by atoms with Gasteiger partial charge < -0.3 is 14.2 Å². The lowest BCUT2D eigenvalue weighted by molar-refractivity contribution is 0.131. The minimum absolute atomic E-state index is 0.730. The summed E-state index contributed by atoms with van der Waals surface area (Å²) >= 11 is 0. The molecule has 1 aliphatic heterocycles. The van der Waals surface area contributed by atoms with E-state index < -0.39 is 0 Å². The van der Waals surface area contributed by atoms with Crippen LogP contribution in [0.25, 0.3) is 11.0 Å². The standard InChI is InChI=1S/C27H38N4O/c1-4-29(21-27-28-25-13-6-7-14-26(25)31(27)5-2)19-23-11-9-16-30(20-23)17-15-22-10-8-12-24(18-22)32-3/h6-8,10,12-14,18,23H,4-5,9,11,15-17,19-21H2,1-3H3. The molecule has 3 aromatic rings. The summed E-state index contributed by atoms with van der Waals surface area (Å²) in [6, 6.07) is 17.0. The second-order valence-electron chi connectivity index (χ2n) is 9.00. The van der Waals surface area contributed by atoms with Crippen molar-refractivity contribution in [3.05, 3.63) is 59.9 Å². The molecule has 5 heteroatoms. The number of hydrogen-bond donors (Lipinski definition) is 0. The number of aryl methyl sites for hydroxylation is 1. The Balaban J connectivity index is 1.34. The van der Waals surface area contributed by atoms with Crippen molar-refractivity contribution in [2.24, 2.45) is 5.92 Å². The smallest absolute Gasteiger partial charge is 0.124 e. The van der Waals surface area contributed by atoms with Gasteiger partial charge in [-0.3, -0.25) is 4.90 Å². The number of aromatic nitrogens is 2. The Labute approximate surface area is 193 Å². The summed E-state index contributed by atoms with van der Waals surface area (Å²) in [6.45, 7) is 12.2. The van der Waals surface area contributed by atoms with Crippen molar-refractivity contribution in [1.82, 2.24) is 19.4 Å². The van der Waals surface area contributed by atoms with Gasteiger partial charge in [0.15, 0.2) is 0 Å². The third-order valence-corrected chi connectivity index (χ3v) is 6.83. The maximum absolute atomic E-state index is 5.38. The van der Waals surface area contributed by atoms with Gasteiger partial charge >= 0.3 is 0 Å². The summed E-state index contributed by atoms with van der Waals surface area (Å²) in [5, 5.41) is 0. The third-order valence-electron chi connectivity index (χ3n) is 6.83. The zero-order valence-corrected chi connectivity index (χ0v) is 20.0. The first-order valence-corrected chi connectivity index (χ1v) is 12.2. The van der Waals surface area contributed by atoms with E-state index in [1.54, 1.807) is 7.11 Å². The van der Waals surface area contributed by atoms with Crippen molar-refractivity contribution >= 4 is 11.0 Å². The van der Waals surface area contributed by atoms with Gasteiger partial charge in [-0.15, -0.1) is 0 Å². The molecule has 1 atom stereocenters. The molecule has 0 amide bonds. The quantitative estimate of drug-likeness (QED) is 0.457. The molecule has 0 saturated carbocycles. The Bertz CT molecular complexity index is 998. The van der Waals surface area contributed by atoms with E-state index in [0.717, 1.165) is 56.3 Å². The van der Waals surface area contributed by atoms with Crippen molar-refractivity contribution in [3.8, 4) is 5.75 Å². The van der Waals surface area contributed by atoms with Crippen LogP contribution in [0.4, 0.5) is 0 Å². The van der Waals surface area contributed by atoms with Crippen molar-refractivity contribution in [3.63, 3.8) is 0 Å². The van der Waals surface area contributed by atoms with E-state index in [9.17, 15) is 0 Å². The summed E-state index contributed by atoms with van der Waals surface area (Å²) in [5.74, 6) is 2.88. The molecular weight excluding hydrogens is 396 g/mol. The first-order valence-electron chi connectivity index (χ1n) is 12.2. The lowest BCUT2D eigenvalue weighted by Crippen LogP contribution is -2.41. The Morgan fingerprint density at radius 2 is 2.00 bits per heavy atom. The highest BCUT2D eigenvalue weighted by Gasteiger charge is 2.22. The maximum atomic E-state index is 5.38. The molecule has 0 N–H and O–H groups in total. The predicted octanol–water partition coefficient (Wildman–Crippen LogP) is 4.84. The highest BCUT2D eigenvalue weighted by atomic mass is 16.5. The molecule has 0 spiro atoms. The highest BCUT2D eigenvalue weighted by Crippen LogP contribution is 2.21. The largest absolute Gasteiger partial charge is 0.497 e. The fourth-order valence-corrected chi connectivity index (χ4v) is 5.09. The van der Waals surface area contributed by atoms with E-state index in [1.807, 2.05) is 6.07 Å². The van der Waals surface area contributed by atoms with Crippen molar-refractivity contribution in [2.75, 3.05) is 39.8 Å². The summed E-state index contributed by atoms with van der Waals surface area (Å²) in [7, 11) is 1.74. The summed E-state index contributed by atoms with van der Waals surface area (Å²) in [5.41, 5.74) is 3.73. The van der Waals surface area contributed by atoms with E-state index in [2.05, 4.69) is 70.7 Å². The molecule has 0 bridgehead atoms. The molecule has 0 aliphatic carbocycles. The summed E-state index contributed by atoms with van der Waals surface area (Å²) < 4.78 is 7.75. The molecule has 1 aromatic heterocycles. The Morgan fingerprint density at radius 1 is 1.12 bits per heavy atom. The second kappa shape index (κ2) is 11.0. The first-order chi connectivity index (χ1) is 15.7. The molecule has 4 rings (SSSR count). The molecule has 1 fully saturated rings. The molecule has 172 valence electrons. The molecule has 2 aromatic carbocycles. The van der Waals surface area contributed by atoms with Gasteiger partial charge in [-0.25, -0.2) is 4.98 Å². The van der Waals surface area contributed by atoms with Crippen LogP contribution in [0.3, 0.4) is 0 Å². The topological polar surface area (TPSA) is 33.5 Å². The number of para-hydroxylation sites is 2. The van der Waals surface area contributed by atoms with Crippen molar-refractivity contribution in [1.29, 1.82) is 0 Å². The molecular formula is C27H38N4O. The van der Waals surface area contributed by atoms with Gasteiger partial charge in [-0.2, -0.15) is 0 Å². The average molecular weight is 435 g/mol.